The first kappa shape index (κ1) is 28.7. The Morgan fingerprint density at radius 1 is 1.24 bits per heavy atom. The number of aromatic nitrogens is 3. The predicted octanol–water partition coefficient (Wildman–Crippen LogP) is 4.51. The summed E-state index contributed by atoms with van der Waals surface area (Å²) in [7, 11) is 2.48. The fourth-order valence-electron chi connectivity index (χ4n) is 4.08. The normalized spacial score (nSPS) is 22.4. The quantitative estimate of drug-likeness (QED) is 0.155. The topological polar surface area (TPSA) is 149 Å². The molecule has 1 aliphatic carbocycles. The number of aliphatic hydroxyl groups excluding tert-OH is 2. The number of nitrogen functional groups attached to an aromatic ring is 1. The highest BCUT2D eigenvalue weighted by Gasteiger charge is 2.47. The Balaban J connectivity index is 1.70. The van der Waals surface area contributed by atoms with Crippen molar-refractivity contribution in [2.24, 2.45) is 5.92 Å². The summed E-state index contributed by atoms with van der Waals surface area (Å²) in [5.74, 6) is -0.832. The second-order valence-corrected chi connectivity index (χ2v) is 11.9. The van der Waals surface area contributed by atoms with Crippen molar-refractivity contribution in [1.82, 2.24) is 15.0 Å². The van der Waals surface area contributed by atoms with Crippen LogP contribution in [0.2, 0.25) is 0 Å². The maximum absolute atomic E-state index is 13.9. The first-order valence-corrected chi connectivity index (χ1v) is 14.6. The molecule has 3 heterocycles. The van der Waals surface area contributed by atoms with Crippen LogP contribution in [0.4, 0.5) is 30.6 Å². The minimum absolute atomic E-state index is 0.0198. The third kappa shape index (κ3) is 6.13. The van der Waals surface area contributed by atoms with E-state index in [0.717, 1.165) is 11.3 Å². The lowest BCUT2D eigenvalue weighted by molar-refractivity contribution is -0.144. The van der Waals surface area contributed by atoms with Crippen molar-refractivity contribution in [3.8, 4) is 0 Å². The summed E-state index contributed by atoms with van der Waals surface area (Å²) in [5, 5.41) is 39.5. The van der Waals surface area contributed by atoms with Gasteiger partial charge in [-0.1, -0.05) is 10.8 Å². The van der Waals surface area contributed by atoms with Gasteiger partial charge >= 0.3 is 6.18 Å². The molecule has 4 atom stereocenters. The molecule has 0 unspecified atom stereocenters. The summed E-state index contributed by atoms with van der Waals surface area (Å²) >= 11 is 1.14. The van der Waals surface area contributed by atoms with Crippen LogP contribution in [0.3, 0.4) is 0 Å². The number of alkyl halides is 3. The van der Waals surface area contributed by atoms with Crippen molar-refractivity contribution in [3.05, 3.63) is 46.0 Å². The SMILES string of the molecule is Cc1nccc(SSc2c(C)nc(N[C@@H](c3ccsc3)C(F)(F)F)nc2N[C@@]2(O)CC[C@H](CO)[C@H]2O)c1N. The van der Waals surface area contributed by atoms with Gasteiger partial charge in [-0.3, -0.25) is 4.98 Å². The van der Waals surface area contributed by atoms with Crippen molar-refractivity contribution in [2.45, 2.75) is 60.5 Å². The van der Waals surface area contributed by atoms with E-state index < -0.39 is 30.0 Å². The summed E-state index contributed by atoms with van der Waals surface area (Å²) in [6.45, 7) is 3.05. The monoisotopic (exact) mass is 588 g/mol. The third-order valence-corrected chi connectivity index (χ3v) is 9.54. The molecular weight excluding hydrogens is 561 g/mol. The van der Waals surface area contributed by atoms with E-state index in [1.165, 1.54) is 33.0 Å². The highest BCUT2D eigenvalue weighted by Crippen LogP contribution is 2.46. The maximum Gasteiger partial charge on any atom is 0.412 e. The molecule has 0 aromatic carbocycles. The molecule has 0 saturated heterocycles. The lowest BCUT2D eigenvalue weighted by atomic mass is 10.0. The molecule has 4 rings (SSSR count). The fraction of sp³-hybridized carbons (Fsp3) is 0.435. The van der Waals surface area contributed by atoms with E-state index in [9.17, 15) is 28.5 Å². The smallest absolute Gasteiger partial charge is 0.396 e. The largest absolute Gasteiger partial charge is 0.412 e. The molecule has 206 valence electrons. The van der Waals surface area contributed by atoms with Gasteiger partial charge in [0.05, 0.1) is 22.0 Å². The zero-order valence-corrected chi connectivity index (χ0v) is 22.8. The molecule has 0 spiro atoms. The molecule has 3 aromatic heterocycles. The number of hydrogen-bond acceptors (Lipinski definition) is 12. The summed E-state index contributed by atoms with van der Waals surface area (Å²) in [6, 6.07) is 1.05. The summed E-state index contributed by atoms with van der Waals surface area (Å²) in [5.41, 5.74) is 5.77. The molecule has 3 aromatic rings. The first-order chi connectivity index (χ1) is 17.9. The van der Waals surface area contributed by atoms with Gasteiger partial charge in [0, 0.05) is 23.6 Å². The lowest BCUT2D eigenvalue weighted by Crippen LogP contribution is -2.48. The number of anilines is 3. The molecule has 9 nitrogen and oxygen atoms in total. The zero-order valence-electron chi connectivity index (χ0n) is 20.4. The van der Waals surface area contributed by atoms with Crippen LogP contribution in [-0.2, 0) is 0 Å². The molecule has 0 aliphatic heterocycles. The zero-order chi connectivity index (χ0) is 27.7. The van der Waals surface area contributed by atoms with Gasteiger partial charge in [0.1, 0.15) is 11.9 Å². The molecule has 7 N–H and O–H groups in total. The van der Waals surface area contributed by atoms with Gasteiger partial charge in [0.25, 0.3) is 0 Å². The number of rotatable bonds is 9. The van der Waals surface area contributed by atoms with Crippen LogP contribution >= 0.6 is 32.9 Å². The first-order valence-electron chi connectivity index (χ1n) is 11.5. The molecule has 0 amide bonds. The van der Waals surface area contributed by atoms with Gasteiger partial charge in [-0.05, 0) is 65.9 Å². The number of nitrogens with zero attached hydrogens (tertiary/aromatic N) is 3. The van der Waals surface area contributed by atoms with E-state index in [1.54, 1.807) is 31.5 Å². The highest BCUT2D eigenvalue weighted by atomic mass is 33.1. The Kier molecular flexibility index (Phi) is 8.64. The Morgan fingerprint density at radius 3 is 2.63 bits per heavy atom. The van der Waals surface area contributed by atoms with E-state index in [1.807, 2.05) is 0 Å². The molecule has 38 heavy (non-hydrogen) atoms. The number of nitrogens with two attached hydrogens (primary N) is 1. The Morgan fingerprint density at radius 2 is 2.00 bits per heavy atom. The van der Waals surface area contributed by atoms with Gasteiger partial charge in [-0.25, -0.2) is 4.98 Å². The number of pyridine rings is 1. The van der Waals surface area contributed by atoms with Crippen LogP contribution in [0.15, 0.2) is 38.9 Å². The lowest BCUT2D eigenvalue weighted by Gasteiger charge is -2.31. The van der Waals surface area contributed by atoms with E-state index in [4.69, 9.17) is 5.73 Å². The molecule has 0 radical (unpaired) electrons. The van der Waals surface area contributed by atoms with Gasteiger partial charge in [-0.2, -0.15) is 29.5 Å². The number of aliphatic hydroxyl groups is 3. The van der Waals surface area contributed by atoms with Crippen LogP contribution in [0, 0.1) is 19.8 Å². The fourth-order valence-corrected chi connectivity index (χ4v) is 7.19. The van der Waals surface area contributed by atoms with Gasteiger partial charge in [0.15, 0.2) is 11.8 Å². The van der Waals surface area contributed by atoms with Crippen molar-refractivity contribution in [2.75, 3.05) is 23.0 Å². The van der Waals surface area contributed by atoms with Gasteiger partial charge in [-0.15, -0.1) is 0 Å². The molecule has 1 aliphatic rings. The second kappa shape index (κ2) is 11.4. The Labute approximate surface area is 228 Å². The number of aryl methyl sites for hydroxylation is 2. The average Bonchev–Trinajstić information content (AvgIpc) is 3.47. The van der Waals surface area contributed by atoms with Crippen LogP contribution in [0.5, 0.6) is 0 Å². The minimum Gasteiger partial charge on any atom is -0.396 e. The van der Waals surface area contributed by atoms with Crippen molar-refractivity contribution in [1.29, 1.82) is 0 Å². The van der Waals surface area contributed by atoms with Crippen LogP contribution < -0.4 is 16.4 Å². The van der Waals surface area contributed by atoms with E-state index in [2.05, 4.69) is 25.6 Å². The van der Waals surface area contributed by atoms with Crippen molar-refractivity contribution < 1.29 is 28.5 Å². The third-order valence-electron chi connectivity index (χ3n) is 6.28. The summed E-state index contributed by atoms with van der Waals surface area (Å²) in [6.07, 6.45) is -3.90. The minimum atomic E-state index is -4.62. The van der Waals surface area contributed by atoms with Gasteiger partial charge < -0.3 is 31.7 Å². The number of thiophene rings is 1. The average molecular weight is 589 g/mol. The molecular formula is C23H27F3N6O3S3. The molecule has 1 fully saturated rings. The predicted molar refractivity (Wildman–Crippen MR) is 143 cm³/mol. The summed E-state index contributed by atoms with van der Waals surface area (Å²) < 4.78 is 41.7. The van der Waals surface area contributed by atoms with Crippen molar-refractivity contribution >= 4 is 50.4 Å². The molecule has 1 saturated carbocycles. The summed E-state index contributed by atoms with van der Waals surface area (Å²) in [4.78, 5) is 13.9. The Hall–Kier alpha value is -2.30. The van der Waals surface area contributed by atoms with E-state index in [0.29, 0.717) is 33.3 Å². The highest BCUT2D eigenvalue weighted by molar-refractivity contribution is 8.76. The molecule has 15 heteroatoms. The standard InChI is InChI=1S/C23H27F3N6O3S3/c1-11-16(27)15(4-7-28-11)37-38-17-12(2)29-21(30-18(23(24,25)26)14-5-8-36-10-14)31-20(17)32-22(35)6-3-13(9-33)19(22)34/h4-5,7-8,10,13,18-19,33-35H,3,6,9,27H2,1-2H3,(H2,29,30,31,32)/t13-,18+,19-,22-/m1/s1. The van der Waals surface area contributed by atoms with E-state index in [-0.39, 0.29) is 30.4 Å². The van der Waals surface area contributed by atoms with Crippen LogP contribution in [0.1, 0.15) is 35.8 Å². The van der Waals surface area contributed by atoms with Crippen LogP contribution in [0.25, 0.3) is 0 Å². The molecule has 0 bridgehead atoms. The van der Waals surface area contributed by atoms with Gasteiger partial charge in [0.2, 0.25) is 5.95 Å². The van der Waals surface area contributed by atoms with Crippen LogP contribution in [-0.4, -0.2) is 54.9 Å². The van der Waals surface area contributed by atoms with E-state index >= 15 is 0 Å². The number of hydrogen-bond donors (Lipinski definition) is 6. The second-order valence-electron chi connectivity index (χ2n) is 8.94. The Bertz CT molecular complexity index is 1270. The number of nitrogens with one attached hydrogen (secondary N) is 2. The maximum atomic E-state index is 13.9. The number of halogens is 3. The van der Waals surface area contributed by atoms with Crippen molar-refractivity contribution in [3.63, 3.8) is 0 Å².